The van der Waals surface area contributed by atoms with Crippen molar-refractivity contribution in [3.63, 3.8) is 0 Å². The highest BCUT2D eigenvalue weighted by atomic mass is 31.1. The van der Waals surface area contributed by atoms with Crippen LogP contribution in [0.1, 0.15) is 19.8 Å². The van der Waals surface area contributed by atoms with E-state index in [1.807, 2.05) is 0 Å². The van der Waals surface area contributed by atoms with E-state index < -0.39 is 0 Å². The highest BCUT2D eigenvalue weighted by Crippen LogP contribution is 2.48. The zero-order valence-electron chi connectivity index (χ0n) is 7.53. The molecule has 1 saturated heterocycles. The van der Waals surface area contributed by atoms with Crippen molar-refractivity contribution < 1.29 is 0 Å². The number of rotatable bonds is 1. The fourth-order valence-corrected chi connectivity index (χ4v) is 4.72. The second kappa shape index (κ2) is 3.58. The van der Waals surface area contributed by atoms with Gasteiger partial charge in [0.25, 0.3) is 0 Å². The molecular formula is C11H15P. The maximum absolute atomic E-state index is 2.41. The standard InChI is InChI=1S/C11H15P/c1-10-6-5-9-12(10)11-7-3-2-4-8-11/h2-4,7-8,10H,5-6,9H2,1H3/t10-,12+/m0/s1. The Morgan fingerprint density at radius 3 is 2.58 bits per heavy atom. The third kappa shape index (κ3) is 1.54. The summed E-state index contributed by atoms with van der Waals surface area (Å²) in [5.74, 6) is 0. The molecule has 0 aliphatic carbocycles. The van der Waals surface area contributed by atoms with Crippen molar-refractivity contribution in [3.8, 4) is 0 Å². The van der Waals surface area contributed by atoms with E-state index in [0.29, 0.717) is 0 Å². The maximum atomic E-state index is 2.41. The number of hydrogen-bond acceptors (Lipinski definition) is 0. The van der Waals surface area contributed by atoms with Gasteiger partial charge in [-0.2, -0.15) is 0 Å². The third-order valence-electron chi connectivity index (χ3n) is 2.64. The van der Waals surface area contributed by atoms with Gasteiger partial charge in [0.1, 0.15) is 0 Å². The molecule has 0 saturated carbocycles. The van der Waals surface area contributed by atoms with E-state index in [1.54, 1.807) is 5.30 Å². The average Bonchev–Trinajstić information content (AvgIpc) is 2.53. The molecule has 0 N–H and O–H groups in total. The first-order valence-corrected chi connectivity index (χ1v) is 6.29. The molecule has 1 heteroatoms. The fraction of sp³-hybridized carbons (Fsp3) is 0.455. The summed E-state index contributed by atoms with van der Waals surface area (Å²) < 4.78 is 0. The Kier molecular flexibility index (Phi) is 2.46. The van der Waals surface area contributed by atoms with Gasteiger partial charge in [0.15, 0.2) is 0 Å². The highest BCUT2D eigenvalue weighted by molar-refractivity contribution is 7.66. The van der Waals surface area contributed by atoms with Crippen LogP contribution in [0.15, 0.2) is 30.3 Å². The summed E-state index contributed by atoms with van der Waals surface area (Å²) in [5.41, 5.74) is 0.961. The average molecular weight is 178 g/mol. The molecule has 0 bridgehead atoms. The third-order valence-corrected chi connectivity index (χ3v) is 5.72. The number of benzene rings is 1. The summed E-state index contributed by atoms with van der Waals surface area (Å²) >= 11 is 0. The molecule has 2 rings (SSSR count). The van der Waals surface area contributed by atoms with E-state index in [9.17, 15) is 0 Å². The van der Waals surface area contributed by atoms with E-state index in [2.05, 4.69) is 37.3 Å². The van der Waals surface area contributed by atoms with Gasteiger partial charge in [-0.3, -0.25) is 0 Å². The van der Waals surface area contributed by atoms with Gasteiger partial charge in [0, 0.05) is 0 Å². The van der Waals surface area contributed by atoms with Gasteiger partial charge < -0.3 is 0 Å². The molecule has 12 heavy (non-hydrogen) atoms. The molecule has 1 aromatic rings. The SMILES string of the molecule is C[C@H]1CCC[P@@]1c1ccccc1. The molecule has 0 unspecified atom stereocenters. The molecule has 1 aliphatic heterocycles. The van der Waals surface area contributed by atoms with Crippen LogP contribution in [-0.2, 0) is 0 Å². The second-order valence-corrected chi connectivity index (χ2v) is 6.30. The lowest BCUT2D eigenvalue weighted by molar-refractivity contribution is 0.836. The van der Waals surface area contributed by atoms with Gasteiger partial charge in [-0.1, -0.05) is 45.2 Å². The van der Waals surface area contributed by atoms with Gasteiger partial charge >= 0.3 is 0 Å². The lowest BCUT2D eigenvalue weighted by Gasteiger charge is -2.15. The monoisotopic (exact) mass is 178 g/mol. The molecule has 1 aromatic carbocycles. The van der Waals surface area contributed by atoms with Crippen LogP contribution in [-0.4, -0.2) is 11.8 Å². The molecule has 64 valence electrons. The summed E-state index contributed by atoms with van der Waals surface area (Å²) in [6, 6.07) is 11.0. The van der Waals surface area contributed by atoms with Crippen LogP contribution in [0.5, 0.6) is 0 Å². The molecule has 1 fully saturated rings. The molecule has 1 heterocycles. The summed E-state index contributed by atoms with van der Waals surface area (Å²) in [5, 5.41) is 1.61. The Balaban J connectivity index is 2.19. The van der Waals surface area contributed by atoms with Crippen LogP contribution >= 0.6 is 7.92 Å². The van der Waals surface area contributed by atoms with E-state index >= 15 is 0 Å². The summed E-state index contributed by atoms with van der Waals surface area (Å²) in [7, 11) is 0.199. The van der Waals surface area contributed by atoms with Crippen LogP contribution < -0.4 is 5.30 Å². The topological polar surface area (TPSA) is 0 Å². The van der Waals surface area contributed by atoms with Gasteiger partial charge in [-0.15, -0.1) is 0 Å². The van der Waals surface area contributed by atoms with Crippen molar-refractivity contribution in [1.82, 2.24) is 0 Å². The molecule has 0 amide bonds. The summed E-state index contributed by atoms with van der Waals surface area (Å²) in [4.78, 5) is 0. The quantitative estimate of drug-likeness (QED) is 0.580. The fourth-order valence-electron chi connectivity index (χ4n) is 1.94. The van der Waals surface area contributed by atoms with Crippen molar-refractivity contribution in [2.24, 2.45) is 0 Å². The molecule has 0 spiro atoms. The predicted octanol–water partition coefficient (Wildman–Crippen LogP) is 2.98. The number of hydrogen-bond donors (Lipinski definition) is 0. The lowest BCUT2D eigenvalue weighted by atomic mass is 10.3. The van der Waals surface area contributed by atoms with Crippen molar-refractivity contribution in [2.45, 2.75) is 25.4 Å². The molecule has 2 atom stereocenters. The first kappa shape index (κ1) is 8.26. The lowest BCUT2D eigenvalue weighted by Crippen LogP contribution is -2.05. The van der Waals surface area contributed by atoms with Crippen molar-refractivity contribution in [2.75, 3.05) is 6.16 Å². The van der Waals surface area contributed by atoms with E-state index in [4.69, 9.17) is 0 Å². The zero-order valence-corrected chi connectivity index (χ0v) is 8.43. The summed E-state index contributed by atoms with van der Waals surface area (Å²) in [6.07, 6.45) is 4.35. The predicted molar refractivity (Wildman–Crippen MR) is 56.6 cm³/mol. The van der Waals surface area contributed by atoms with Gasteiger partial charge in [-0.05, 0) is 30.0 Å². The molecular weight excluding hydrogens is 163 g/mol. The van der Waals surface area contributed by atoms with Crippen LogP contribution in [0.3, 0.4) is 0 Å². The Hall–Kier alpha value is -0.350. The van der Waals surface area contributed by atoms with Gasteiger partial charge in [0.05, 0.1) is 0 Å². The first-order valence-electron chi connectivity index (χ1n) is 4.69. The van der Waals surface area contributed by atoms with E-state index in [1.165, 1.54) is 19.0 Å². The molecule has 0 radical (unpaired) electrons. The summed E-state index contributed by atoms with van der Waals surface area (Å²) in [6.45, 7) is 2.41. The Labute approximate surface area is 75.7 Å². The Bertz CT molecular complexity index is 242. The zero-order chi connectivity index (χ0) is 8.39. The van der Waals surface area contributed by atoms with Crippen LogP contribution in [0.2, 0.25) is 0 Å². The minimum atomic E-state index is 0.199. The maximum Gasteiger partial charge on any atom is -0.0197 e. The van der Waals surface area contributed by atoms with E-state index in [0.717, 1.165) is 5.66 Å². The van der Waals surface area contributed by atoms with Crippen molar-refractivity contribution in [3.05, 3.63) is 30.3 Å². The largest absolute Gasteiger partial charge is 0.0724 e. The smallest absolute Gasteiger partial charge is 0.0197 e. The first-order chi connectivity index (χ1) is 5.88. The van der Waals surface area contributed by atoms with Gasteiger partial charge in [0.2, 0.25) is 0 Å². The van der Waals surface area contributed by atoms with Crippen LogP contribution in [0.4, 0.5) is 0 Å². The normalized spacial score (nSPS) is 29.1. The van der Waals surface area contributed by atoms with Crippen LogP contribution in [0, 0.1) is 0 Å². The Morgan fingerprint density at radius 2 is 2.00 bits per heavy atom. The minimum absolute atomic E-state index is 0.199. The minimum Gasteiger partial charge on any atom is -0.0724 e. The second-order valence-electron chi connectivity index (χ2n) is 3.52. The molecule has 0 nitrogen and oxygen atoms in total. The molecule has 1 aliphatic rings. The van der Waals surface area contributed by atoms with Crippen molar-refractivity contribution >= 4 is 13.2 Å². The molecule has 0 aromatic heterocycles. The van der Waals surface area contributed by atoms with Crippen molar-refractivity contribution in [1.29, 1.82) is 0 Å². The van der Waals surface area contributed by atoms with E-state index in [-0.39, 0.29) is 7.92 Å². The highest BCUT2D eigenvalue weighted by Gasteiger charge is 2.23. The van der Waals surface area contributed by atoms with Gasteiger partial charge in [-0.25, -0.2) is 0 Å². The Morgan fingerprint density at radius 1 is 1.25 bits per heavy atom. The van der Waals surface area contributed by atoms with Crippen LogP contribution in [0.25, 0.3) is 0 Å².